The van der Waals surface area contributed by atoms with E-state index in [0.717, 1.165) is 18.0 Å². The van der Waals surface area contributed by atoms with Crippen LogP contribution >= 0.6 is 23.1 Å². The first-order valence-electron chi connectivity index (χ1n) is 6.76. The molecule has 8 heteroatoms. The topological polar surface area (TPSA) is 75.2 Å². The number of aryl methyl sites for hydroxylation is 1. The lowest BCUT2D eigenvalue weighted by atomic mass is 10.1. The van der Waals surface area contributed by atoms with E-state index in [4.69, 9.17) is 11.6 Å². The molecule has 0 unspecified atom stereocenters. The maximum Gasteiger partial charge on any atom is 0.259 e. The fourth-order valence-corrected chi connectivity index (χ4v) is 3.06. The first kappa shape index (κ1) is 14.9. The van der Waals surface area contributed by atoms with Crippen LogP contribution in [0, 0.1) is 6.92 Å². The maximum absolute atomic E-state index is 12.3. The van der Waals surface area contributed by atoms with Gasteiger partial charge in [0.15, 0.2) is 0 Å². The number of nitrogens with one attached hydrogen (secondary N) is 1. The Morgan fingerprint density at radius 3 is 2.91 bits per heavy atom. The average molecular weight is 337 g/mol. The minimum atomic E-state index is -0.366. The van der Waals surface area contributed by atoms with Crippen molar-refractivity contribution in [1.29, 1.82) is 0 Å². The lowest BCUT2D eigenvalue weighted by molar-refractivity contribution is -0.117. The highest BCUT2D eigenvalue weighted by Crippen LogP contribution is 2.27. The fraction of sp³-hybridized carbons (Fsp3) is 0.286. The molecule has 2 aromatic rings. The van der Waals surface area contributed by atoms with Crippen molar-refractivity contribution >= 4 is 45.8 Å². The number of hydrogen-bond acceptors (Lipinski definition) is 5. The fourth-order valence-electron chi connectivity index (χ4n) is 2.29. The number of hydrogen-bond donors (Lipinski definition) is 1. The molecule has 1 aliphatic heterocycles. The Balaban J connectivity index is 1.86. The van der Waals surface area contributed by atoms with Crippen LogP contribution in [-0.4, -0.2) is 27.7 Å². The van der Waals surface area contributed by atoms with Crippen LogP contribution in [0.5, 0.6) is 0 Å². The molecule has 6 nitrogen and oxygen atoms in total. The van der Waals surface area contributed by atoms with Crippen LogP contribution in [0.4, 0.5) is 10.8 Å². The van der Waals surface area contributed by atoms with E-state index in [1.807, 2.05) is 0 Å². The Bertz CT molecular complexity index is 746. The zero-order valence-corrected chi connectivity index (χ0v) is 13.4. The molecule has 0 saturated carbocycles. The molecule has 1 aromatic heterocycles. The minimum Gasteiger partial charge on any atom is -0.312 e. The largest absolute Gasteiger partial charge is 0.312 e. The van der Waals surface area contributed by atoms with Crippen LogP contribution in [0.3, 0.4) is 0 Å². The summed E-state index contributed by atoms with van der Waals surface area (Å²) < 4.78 is 4.01. The van der Waals surface area contributed by atoms with Gasteiger partial charge in [-0.1, -0.05) is 11.6 Å². The van der Waals surface area contributed by atoms with Crippen molar-refractivity contribution in [2.75, 3.05) is 16.8 Å². The molecule has 0 aliphatic carbocycles. The molecule has 0 spiro atoms. The van der Waals surface area contributed by atoms with Crippen molar-refractivity contribution in [3.63, 3.8) is 0 Å². The van der Waals surface area contributed by atoms with E-state index >= 15 is 0 Å². The molecule has 0 radical (unpaired) electrons. The van der Waals surface area contributed by atoms with Gasteiger partial charge >= 0.3 is 0 Å². The van der Waals surface area contributed by atoms with Gasteiger partial charge in [-0.15, -0.1) is 0 Å². The summed E-state index contributed by atoms with van der Waals surface area (Å²) in [5.74, 6) is 0.297. The Hall–Kier alpha value is -1.99. The summed E-state index contributed by atoms with van der Waals surface area (Å²) in [6.45, 7) is 2.41. The van der Waals surface area contributed by atoms with Gasteiger partial charge in [-0.05, 0) is 31.5 Å². The molecule has 0 bridgehead atoms. The second-order valence-corrected chi connectivity index (χ2v) is 6.07. The number of benzene rings is 1. The molecule has 1 aromatic carbocycles. The molecular formula is C14H13ClN4O2S. The molecule has 1 fully saturated rings. The molecule has 114 valence electrons. The quantitative estimate of drug-likeness (QED) is 0.935. The van der Waals surface area contributed by atoms with E-state index < -0.39 is 0 Å². The number of carbonyl (C=O) groups excluding carboxylic acids is 2. The predicted molar refractivity (Wildman–Crippen MR) is 85.6 cm³/mol. The van der Waals surface area contributed by atoms with Crippen molar-refractivity contribution in [2.24, 2.45) is 0 Å². The van der Waals surface area contributed by atoms with Gasteiger partial charge in [0.05, 0.1) is 10.6 Å². The van der Waals surface area contributed by atoms with Gasteiger partial charge in [0, 0.05) is 30.2 Å². The van der Waals surface area contributed by atoms with E-state index in [2.05, 4.69) is 14.7 Å². The Morgan fingerprint density at radius 1 is 1.45 bits per heavy atom. The second-order valence-electron chi connectivity index (χ2n) is 4.91. The molecule has 1 saturated heterocycles. The number of carbonyl (C=O) groups is 2. The van der Waals surface area contributed by atoms with Crippen LogP contribution in [0.15, 0.2) is 18.2 Å². The number of aromatic nitrogens is 2. The first-order valence-corrected chi connectivity index (χ1v) is 7.91. The van der Waals surface area contributed by atoms with Crippen molar-refractivity contribution in [1.82, 2.24) is 9.36 Å². The predicted octanol–water partition coefficient (Wildman–Crippen LogP) is 2.88. The first-order chi connectivity index (χ1) is 10.5. The van der Waals surface area contributed by atoms with E-state index in [0.29, 0.717) is 40.2 Å². The van der Waals surface area contributed by atoms with Crippen LogP contribution in [0.2, 0.25) is 5.02 Å². The van der Waals surface area contributed by atoms with Gasteiger partial charge in [0.2, 0.25) is 11.0 Å². The van der Waals surface area contributed by atoms with E-state index in [1.54, 1.807) is 30.0 Å². The van der Waals surface area contributed by atoms with E-state index in [9.17, 15) is 9.59 Å². The highest BCUT2D eigenvalue weighted by atomic mass is 35.5. The SMILES string of the molecule is Cc1nsc(NC(=O)c2cc(N3CCCC3=O)ccc2Cl)n1. The highest BCUT2D eigenvalue weighted by Gasteiger charge is 2.23. The van der Waals surface area contributed by atoms with Crippen LogP contribution in [0.1, 0.15) is 29.0 Å². The van der Waals surface area contributed by atoms with Gasteiger partial charge in [0.1, 0.15) is 5.82 Å². The van der Waals surface area contributed by atoms with Gasteiger partial charge < -0.3 is 4.90 Å². The lowest BCUT2D eigenvalue weighted by Gasteiger charge is -2.17. The smallest absolute Gasteiger partial charge is 0.259 e. The summed E-state index contributed by atoms with van der Waals surface area (Å²) in [4.78, 5) is 29.9. The van der Waals surface area contributed by atoms with Crippen LogP contribution in [0.25, 0.3) is 0 Å². The normalized spacial score (nSPS) is 14.5. The third-order valence-electron chi connectivity index (χ3n) is 3.33. The molecule has 22 heavy (non-hydrogen) atoms. The van der Waals surface area contributed by atoms with Gasteiger partial charge in [-0.3, -0.25) is 14.9 Å². The second kappa shape index (κ2) is 6.02. The van der Waals surface area contributed by atoms with Gasteiger partial charge in [-0.25, -0.2) is 4.98 Å². The monoisotopic (exact) mass is 336 g/mol. The summed E-state index contributed by atoms with van der Waals surface area (Å²) in [6, 6.07) is 5.01. The Kier molecular flexibility index (Phi) is 4.08. The molecule has 0 atom stereocenters. The summed E-state index contributed by atoms with van der Waals surface area (Å²) in [5.41, 5.74) is 0.997. The summed E-state index contributed by atoms with van der Waals surface area (Å²) in [6.07, 6.45) is 1.36. The van der Waals surface area contributed by atoms with E-state index in [-0.39, 0.29) is 11.8 Å². The van der Waals surface area contributed by atoms with Gasteiger partial charge in [0.25, 0.3) is 5.91 Å². The average Bonchev–Trinajstić information content (AvgIpc) is 3.08. The maximum atomic E-state index is 12.3. The third-order valence-corrected chi connectivity index (χ3v) is 4.38. The van der Waals surface area contributed by atoms with Crippen LogP contribution in [-0.2, 0) is 4.79 Å². The number of anilines is 2. The summed E-state index contributed by atoms with van der Waals surface area (Å²) >= 11 is 7.22. The standard InChI is InChI=1S/C14H13ClN4O2S/c1-8-16-14(22-18-8)17-13(21)10-7-9(4-5-11(10)15)19-6-2-3-12(19)20/h4-5,7H,2-3,6H2,1H3,(H,16,17,18,21). The third kappa shape index (κ3) is 2.95. The molecule has 2 heterocycles. The highest BCUT2D eigenvalue weighted by molar-refractivity contribution is 7.09. The number of halogens is 1. The molecule has 3 rings (SSSR count). The zero-order valence-electron chi connectivity index (χ0n) is 11.8. The van der Waals surface area contributed by atoms with Crippen molar-refractivity contribution < 1.29 is 9.59 Å². The number of amides is 2. The number of nitrogens with zero attached hydrogens (tertiary/aromatic N) is 3. The summed E-state index contributed by atoms with van der Waals surface area (Å²) in [5, 5.41) is 3.41. The molecule has 2 amide bonds. The molecule has 1 N–H and O–H groups in total. The molecular weight excluding hydrogens is 324 g/mol. The summed E-state index contributed by atoms with van der Waals surface area (Å²) in [7, 11) is 0. The zero-order chi connectivity index (χ0) is 15.7. The van der Waals surface area contributed by atoms with Crippen LogP contribution < -0.4 is 10.2 Å². The Labute approximate surface area is 136 Å². The van der Waals surface area contributed by atoms with Crippen molar-refractivity contribution in [3.05, 3.63) is 34.6 Å². The Morgan fingerprint density at radius 2 is 2.27 bits per heavy atom. The van der Waals surface area contributed by atoms with Gasteiger partial charge in [-0.2, -0.15) is 4.37 Å². The van der Waals surface area contributed by atoms with Crippen molar-refractivity contribution in [3.8, 4) is 0 Å². The lowest BCUT2D eigenvalue weighted by Crippen LogP contribution is -2.24. The minimum absolute atomic E-state index is 0.0634. The van der Waals surface area contributed by atoms with E-state index in [1.165, 1.54) is 0 Å². The van der Waals surface area contributed by atoms with Crippen molar-refractivity contribution in [2.45, 2.75) is 19.8 Å². The number of rotatable bonds is 3. The molecule has 1 aliphatic rings.